The third kappa shape index (κ3) is 6.12. The SMILES string of the molecule is CCOc1ccccc1Oc1ccccc1C(=O)N1CCC(CCNC)CC1.Cl. The van der Waals surface area contributed by atoms with Gasteiger partial charge in [0.15, 0.2) is 11.5 Å². The van der Waals surface area contributed by atoms with Crippen molar-refractivity contribution in [2.24, 2.45) is 5.92 Å². The van der Waals surface area contributed by atoms with E-state index in [1.807, 2.05) is 67.4 Å². The summed E-state index contributed by atoms with van der Waals surface area (Å²) in [6, 6.07) is 15.0. The van der Waals surface area contributed by atoms with E-state index in [4.69, 9.17) is 9.47 Å². The largest absolute Gasteiger partial charge is 0.490 e. The Labute approximate surface area is 179 Å². The number of para-hydroxylation sites is 3. The van der Waals surface area contributed by atoms with Crippen LogP contribution in [-0.2, 0) is 0 Å². The maximum Gasteiger partial charge on any atom is 0.257 e. The molecule has 1 aliphatic rings. The van der Waals surface area contributed by atoms with Gasteiger partial charge in [-0.3, -0.25) is 4.79 Å². The topological polar surface area (TPSA) is 50.8 Å². The van der Waals surface area contributed by atoms with Crippen molar-refractivity contribution in [2.75, 3.05) is 33.3 Å². The van der Waals surface area contributed by atoms with Gasteiger partial charge in [-0.1, -0.05) is 24.3 Å². The number of amides is 1. The van der Waals surface area contributed by atoms with Gasteiger partial charge in [-0.05, 0) is 70.0 Å². The number of nitrogens with zero attached hydrogens (tertiary/aromatic N) is 1. The zero-order chi connectivity index (χ0) is 19.8. The van der Waals surface area contributed by atoms with Gasteiger partial charge in [-0.2, -0.15) is 0 Å². The van der Waals surface area contributed by atoms with Crippen LogP contribution in [0.15, 0.2) is 48.5 Å². The molecule has 1 heterocycles. The molecule has 0 atom stereocenters. The highest BCUT2D eigenvalue weighted by molar-refractivity contribution is 5.97. The normalized spacial score (nSPS) is 14.2. The number of carbonyl (C=O) groups is 1. The van der Waals surface area contributed by atoms with Crippen molar-refractivity contribution >= 4 is 18.3 Å². The number of rotatable bonds is 8. The molecule has 2 aromatic rings. The molecule has 1 saturated heterocycles. The minimum Gasteiger partial charge on any atom is -0.490 e. The highest BCUT2D eigenvalue weighted by Crippen LogP contribution is 2.34. The number of carbonyl (C=O) groups excluding carboxylic acids is 1. The highest BCUT2D eigenvalue weighted by Gasteiger charge is 2.25. The van der Waals surface area contributed by atoms with Gasteiger partial charge in [0, 0.05) is 13.1 Å². The number of ether oxygens (including phenoxy) is 2. The van der Waals surface area contributed by atoms with Crippen molar-refractivity contribution in [2.45, 2.75) is 26.2 Å². The Morgan fingerprint density at radius 3 is 2.31 bits per heavy atom. The minimum atomic E-state index is 0. The lowest BCUT2D eigenvalue weighted by molar-refractivity contribution is 0.0684. The molecule has 6 heteroatoms. The number of likely N-dealkylation sites (tertiary alicyclic amines) is 1. The first-order valence-electron chi connectivity index (χ1n) is 10.2. The predicted molar refractivity (Wildman–Crippen MR) is 119 cm³/mol. The van der Waals surface area contributed by atoms with Crippen molar-refractivity contribution in [1.82, 2.24) is 10.2 Å². The molecule has 0 bridgehead atoms. The van der Waals surface area contributed by atoms with Crippen LogP contribution in [0.4, 0.5) is 0 Å². The van der Waals surface area contributed by atoms with Gasteiger partial charge in [0.1, 0.15) is 5.75 Å². The zero-order valence-corrected chi connectivity index (χ0v) is 18.0. The average molecular weight is 419 g/mol. The van der Waals surface area contributed by atoms with Gasteiger partial charge >= 0.3 is 0 Å². The smallest absolute Gasteiger partial charge is 0.257 e. The quantitative estimate of drug-likeness (QED) is 0.671. The van der Waals surface area contributed by atoms with Gasteiger partial charge in [-0.25, -0.2) is 0 Å². The summed E-state index contributed by atoms with van der Waals surface area (Å²) in [5, 5.41) is 3.21. The van der Waals surface area contributed by atoms with Gasteiger partial charge in [-0.15, -0.1) is 12.4 Å². The van der Waals surface area contributed by atoms with E-state index in [9.17, 15) is 4.79 Å². The Hall–Kier alpha value is -2.24. The van der Waals surface area contributed by atoms with E-state index >= 15 is 0 Å². The lowest BCUT2D eigenvalue weighted by Crippen LogP contribution is -2.39. The molecular weight excluding hydrogens is 388 g/mol. The van der Waals surface area contributed by atoms with Crippen molar-refractivity contribution in [3.05, 3.63) is 54.1 Å². The summed E-state index contributed by atoms with van der Waals surface area (Å²) >= 11 is 0. The third-order valence-corrected chi connectivity index (χ3v) is 5.19. The van der Waals surface area contributed by atoms with E-state index in [1.165, 1.54) is 6.42 Å². The molecule has 0 radical (unpaired) electrons. The lowest BCUT2D eigenvalue weighted by atomic mass is 9.93. The number of nitrogens with one attached hydrogen (secondary N) is 1. The summed E-state index contributed by atoms with van der Waals surface area (Å²) in [4.78, 5) is 15.1. The summed E-state index contributed by atoms with van der Waals surface area (Å²) < 4.78 is 11.7. The molecule has 29 heavy (non-hydrogen) atoms. The summed E-state index contributed by atoms with van der Waals surface area (Å²) in [6.07, 6.45) is 3.29. The molecule has 3 rings (SSSR count). The van der Waals surface area contributed by atoms with Crippen molar-refractivity contribution in [3.63, 3.8) is 0 Å². The summed E-state index contributed by atoms with van der Waals surface area (Å²) in [7, 11) is 1.99. The molecule has 0 spiro atoms. The molecule has 0 aromatic heterocycles. The Morgan fingerprint density at radius 1 is 1.03 bits per heavy atom. The maximum absolute atomic E-state index is 13.1. The van der Waals surface area contributed by atoms with Crippen LogP contribution in [0.1, 0.15) is 36.5 Å². The van der Waals surface area contributed by atoms with Gasteiger partial charge < -0.3 is 19.7 Å². The predicted octanol–water partition coefficient (Wildman–Crippen LogP) is 4.76. The van der Waals surface area contributed by atoms with E-state index in [-0.39, 0.29) is 18.3 Å². The van der Waals surface area contributed by atoms with Crippen LogP contribution < -0.4 is 14.8 Å². The monoisotopic (exact) mass is 418 g/mol. The Bertz CT molecular complexity index is 776. The molecule has 1 N–H and O–H groups in total. The number of hydrogen-bond acceptors (Lipinski definition) is 4. The second-order valence-corrected chi connectivity index (χ2v) is 7.11. The fraction of sp³-hybridized carbons (Fsp3) is 0.435. The Kier molecular flexibility index (Phi) is 9.29. The second kappa shape index (κ2) is 11.7. The molecule has 1 aliphatic heterocycles. The van der Waals surface area contributed by atoms with Crippen LogP contribution >= 0.6 is 12.4 Å². The summed E-state index contributed by atoms with van der Waals surface area (Å²) in [5.41, 5.74) is 0.600. The molecule has 1 fully saturated rings. The highest BCUT2D eigenvalue weighted by atomic mass is 35.5. The lowest BCUT2D eigenvalue weighted by Gasteiger charge is -2.32. The van der Waals surface area contributed by atoms with Crippen molar-refractivity contribution < 1.29 is 14.3 Å². The van der Waals surface area contributed by atoms with Crippen molar-refractivity contribution in [3.8, 4) is 17.2 Å². The summed E-state index contributed by atoms with van der Waals surface area (Å²) in [6.45, 7) is 5.14. The first kappa shape index (κ1) is 23.0. The molecular formula is C23H31ClN2O3. The molecule has 0 saturated carbocycles. The van der Waals surface area contributed by atoms with E-state index in [2.05, 4.69) is 5.32 Å². The molecule has 2 aromatic carbocycles. The Balaban J connectivity index is 0.00000300. The first-order chi connectivity index (χ1) is 13.7. The van der Waals surface area contributed by atoms with Gasteiger partial charge in [0.25, 0.3) is 5.91 Å². The van der Waals surface area contributed by atoms with Crippen LogP contribution in [0.25, 0.3) is 0 Å². The molecule has 0 unspecified atom stereocenters. The maximum atomic E-state index is 13.1. The molecule has 158 valence electrons. The third-order valence-electron chi connectivity index (χ3n) is 5.19. The van der Waals surface area contributed by atoms with E-state index in [1.54, 1.807) is 0 Å². The molecule has 0 aliphatic carbocycles. The van der Waals surface area contributed by atoms with Crippen LogP contribution in [0.5, 0.6) is 17.2 Å². The van der Waals surface area contributed by atoms with Crippen LogP contribution in [0.2, 0.25) is 0 Å². The van der Waals surface area contributed by atoms with Crippen LogP contribution in [0.3, 0.4) is 0 Å². The van der Waals surface area contributed by atoms with E-state index in [0.717, 1.165) is 32.5 Å². The van der Waals surface area contributed by atoms with E-state index in [0.29, 0.717) is 35.3 Å². The number of halogens is 1. The molecule has 1 amide bonds. The van der Waals surface area contributed by atoms with E-state index < -0.39 is 0 Å². The van der Waals surface area contributed by atoms with Gasteiger partial charge in [0.05, 0.1) is 12.2 Å². The fourth-order valence-corrected chi connectivity index (χ4v) is 3.60. The first-order valence-corrected chi connectivity index (χ1v) is 10.2. The number of benzene rings is 2. The molecule has 5 nitrogen and oxygen atoms in total. The number of piperidine rings is 1. The summed E-state index contributed by atoms with van der Waals surface area (Å²) in [5.74, 6) is 2.60. The fourth-order valence-electron chi connectivity index (χ4n) is 3.60. The standard InChI is InChI=1S/C23H30N2O3.ClH/c1-3-27-21-10-6-7-11-22(21)28-20-9-5-4-8-19(20)23(26)25-16-13-18(14-17-25)12-15-24-2;/h4-11,18,24H,3,12-17H2,1-2H3;1H. The van der Waals surface area contributed by atoms with Gasteiger partial charge in [0.2, 0.25) is 0 Å². The van der Waals surface area contributed by atoms with Crippen molar-refractivity contribution in [1.29, 1.82) is 0 Å². The minimum absolute atomic E-state index is 0. The average Bonchev–Trinajstić information content (AvgIpc) is 2.74. The number of hydrogen-bond donors (Lipinski definition) is 1. The second-order valence-electron chi connectivity index (χ2n) is 7.11. The Morgan fingerprint density at radius 2 is 1.66 bits per heavy atom. The van der Waals surface area contributed by atoms with Crippen LogP contribution in [-0.4, -0.2) is 44.1 Å². The zero-order valence-electron chi connectivity index (χ0n) is 17.2. The van der Waals surface area contributed by atoms with Crippen LogP contribution in [0, 0.1) is 5.92 Å².